The van der Waals surface area contributed by atoms with Crippen LogP contribution in [0.15, 0.2) is 48.5 Å². The molecule has 2 N–H and O–H groups in total. The minimum atomic E-state index is -3.29. The molecule has 0 saturated carbocycles. The van der Waals surface area contributed by atoms with E-state index in [0.717, 1.165) is 17.8 Å². The summed E-state index contributed by atoms with van der Waals surface area (Å²) in [6.07, 6.45) is 1.48. The Morgan fingerprint density at radius 2 is 1.67 bits per heavy atom. The van der Waals surface area contributed by atoms with Gasteiger partial charge in [0.2, 0.25) is 10.0 Å². The fraction of sp³-hybridized carbons (Fsp3) is 0.278. The Kier molecular flexibility index (Phi) is 5.98. The number of carbonyl (C=O) groups excluding carboxylic acids is 1. The number of rotatable bonds is 8. The van der Waals surface area contributed by atoms with Gasteiger partial charge >= 0.3 is 0 Å². The Morgan fingerprint density at radius 3 is 2.29 bits per heavy atom. The Labute approximate surface area is 143 Å². The van der Waals surface area contributed by atoms with Crippen molar-refractivity contribution >= 4 is 32.9 Å². The molecule has 0 unspecified atom stereocenters. The monoisotopic (exact) mass is 346 g/mol. The summed E-state index contributed by atoms with van der Waals surface area (Å²) in [5.41, 5.74) is 2.79. The van der Waals surface area contributed by atoms with Crippen LogP contribution in [0, 0.1) is 0 Å². The average molecular weight is 346 g/mol. The maximum Gasteiger partial charge on any atom is 0.232 e. The van der Waals surface area contributed by atoms with Crippen molar-refractivity contribution in [1.82, 2.24) is 0 Å². The fourth-order valence-corrected chi connectivity index (χ4v) is 3.44. The highest BCUT2D eigenvalue weighted by atomic mass is 32.2. The SMILES string of the molecule is CCCCS(=O)(=O)Nc1ccc(Nc2cccc(C(C)=O)c2)cc1. The zero-order chi connectivity index (χ0) is 17.6. The van der Waals surface area contributed by atoms with Crippen LogP contribution in [-0.2, 0) is 10.0 Å². The molecule has 2 rings (SSSR count). The van der Waals surface area contributed by atoms with Crippen LogP contribution in [-0.4, -0.2) is 20.0 Å². The van der Waals surface area contributed by atoms with Crippen LogP contribution in [0.5, 0.6) is 0 Å². The zero-order valence-electron chi connectivity index (χ0n) is 13.9. The average Bonchev–Trinajstić information content (AvgIpc) is 2.55. The first-order chi connectivity index (χ1) is 11.4. The molecule has 128 valence electrons. The van der Waals surface area contributed by atoms with Crippen molar-refractivity contribution in [2.24, 2.45) is 0 Å². The van der Waals surface area contributed by atoms with Crippen LogP contribution in [0.2, 0.25) is 0 Å². The van der Waals surface area contributed by atoms with Gasteiger partial charge in [-0.05, 0) is 49.7 Å². The summed E-state index contributed by atoms with van der Waals surface area (Å²) in [6, 6.07) is 14.2. The summed E-state index contributed by atoms with van der Waals surface area (Å²) in [7, 11) is -3.29. The Balaban J connectivity index is 2.04. The lowest BCUT2D eigenvalue weighted by molar-refractivity contribution is 0.101. The van der Waals surface area contributed by atoms with Crippen molar-refractivity contribution in [3.63, 3.8) is 0 Å². The molecule has 24 heavy (non-hydrogen) atoms. The molecule has 0 aromatic heterocycles. The van der Waals surface area contributed by atoms with Gasteiger partial charge in [0.25, 0.3) is 0 Å². The molecular formula is C18H22N2O3S. The van der Waals surface area contributed by atoms with Gasteiger partial charge < -0.3 is 5.32 Å². The van der Waals surface area contributed by atoms with Gasteiger partial charge in [0, 0.05) is 22.6 Å². The summed E-state index contributed by atoms with van der Waals surface area (Å²) in [5, 5.41) is 3.19. The molecule has 0 aliphatic heterocycles. The number of Topliss-reactive ketones (excluding diaryl/α,β-unsaturated/α-hetero) is 1. The van der Waals surface area contributed by atoms with Crippen LogP contribution >= 0.6 is 0 Å². The molecule has 0 bridgehead atoms. The van der Waals surface area contributed by atoms with E-state index in [0.29, 0.717) is 17.7 Å². The van der Waals surface area contributed by atoms with E-state index < -0.39 is 10.0 Å². The molecule has 5 nitrogen and oxygen atoms in total. The number of nitrogens with one attached hydrogen (secondary N) is 2. The minimum absolute atomic E-state index is 0.00971. The van der Waals surface area contributed by atoms with Gasteiger partial charge in [-0.1, -0.05) is 25.5 Å². The highest BCUT2D eigenvalue weighted by Crippen LogP contribution is 2.20. The van der Waals surface area contributed by atoms with Gasteiger partial charge in [-0.3, -0.25) is 9.52 Å². The second kappa shape index (κ2) is 7.97. The first kappa shape index (κ1) is 18.0. The molecule has 0 heterocycles. The van der Waals surface area contributed by atoms with Gasteiger partial charge in [0.05, 0.1) is 5.75 Å². The number of sulfonamides is 1. The van der Waals surface area contributed by atoms with E-state index >= 15 is 0 Å². The molecule has 0 radical (unpaired) electrons. The van der Waals surface area contributed by atoms with Crippen molar-refractivity contribution in [3.8, 4) is 0 Å². The largest absolute Gasteiger partial charge is 0.356 e. The minimum Gasteiger partial charge on any atom is -0.356 e. The van der Waals surface area contributed by atoms with E-state index in [1.807, 2.05) is 19.1 Å². The second-order valence-corrected chi connectivity index (χ2v) is 7.46. The van der Waals surface area contributed by atoms with Crippen LogP contribution in [0.4, 0.5) is 17.1 Å². The summed E-state index contributed by atoms with van der Waals surface area (Å²) in [6.45, 7) is 3.48. The quantitative estimate of drug-likeness (QED) is 0.703. The second-order valence-electron chi connectivity index (χ2n) is 5.61. The summed E-state index contributed by atoms with van der Waals surface area (Å²) in [4.78, 5) is 11.4. The van der Waals surface area contributed by atoms with E-state index in [9.17, 15) is 13.2 Å². The molecular weight excluding hydrogens is 324 g/mol. The maximum absolute atomic E-state index is 11.9. The third-order valence-electron chi connectivity index (χ3n) is 3.48. The molecule has 0 atom stereocenters. The molecule has 0 fully saturated rings. The van der Waals surface area contributed by atoms with Gasteiger partial charge in [-0.25, -0.2) is 8.42 Å². The predicted molar refractivity (Wildman–Crippen MR) is 98.5 cm³/mol. The fourth-order valence-electron chi connectivity index (χ4n) is 2.17. The third kappa shape index (κ3) is 5.38. The summed E-state index contributed by atoms with van der Waals surface area (Å²) in [5.74, 6) is 0.136. The molecule has 0 aliphatic carbocycles. The summed E-state index contributed by atoms with van der Waals surface area (Å²) >= 11 is 0. The number of ketones is 1. The number of carbonyl (C=O) groups is 1. The molecule has 6 heteroatoms. The maximum atomic E-state index is 11.9. The van der Waals surface area contributed by atoms with Gasteiger partial charge in [-0.15, -0.1) is 0 Å². The lowest BCUT2D eigenvalue weighted by Crippen LogP contribution is -2.16. The first-order valence-electron chi connectivity index (χ1n) is 7.88. The van der Waals surface area contributed by atoms with Crippen molar-refractivity contribution in [2.45, 2.75) is 26.7 Å². The highest BCUT2D eigenvalue weighted by Gasteiger charge is 2.09. The topological polar surface area (TPSA) is 75.3 Å². The Hall–Kier alpha value is -2.34. The Bertz CT molecular complexity index is 799. The normalized spacial score (nSPS) is 11.1. The van der Waals surface area contributed by atoms with E-state index in [4.69, 9.17) is 0 Å². The van der Waals surface area contributed by atoms with E-state index in [1.54, 1.807) is 36.4 Å². The molecule has 2 aromatic carbocycles. The van der Waals surface area contributed by atoms with Gasteiger partial charge in [0.1, 0.15) is 0 Å². The lowest BCUT2D eigenvalue weighted by Gasteiger charge is -2.10. The zero-order valence-corrected chi connectivity index (χ0v) is 14.7. The number of hydrogen-bond acceptors (Lipinski definition) is 4. The highest BCUT2D eigenvalue weighted by molar-refractivity contribution is 7.92. The van der Waals surface area contributed by atoms with Crippen molar-refractivity contribution in [2.75, 3.05) is 15.8 Å². The van der Waals surface area contributed by atoms with Crippen LogP contribution in [0.25, 0.3) is 0 Å². The molecule has 0 amide bonds. The first-order valence-corrected chi connectivity index (χ1v) is 9.53. The molecule has 2 aromatic rings. The molecule has 0 saturated heterocycles. The third-order valence-corrected chi connectivity index (χ3v) is 4.86. The number of benzene rings is 2. The predicted octanol–water partition coefficient (Wildman–Crippen LogP) is 4.17. The van der Waals surface area contributed by atoms with Crippen molar-refractivity contribution in [1.29, 1.82) is 0 Å². The van der Waals surface area contributed by atoms with Gasteiger partial charge in [0.15, 0.2) is 5.78 Å². The van der Waals surface area contributed by atoms with Crippen molar-refractivity contribution < 1.29 is 13.2 Å². The molecule has 0 spiro atoms. The van der Waals surface area contributed by atoms with E-state index in [-0.39, 0.29) is 11.5 Å². The smallest absolute Gasteiger partial charge is 0.232 e. The van der Waals surface area contributed by atoms with Gasteiger partial charge in [-0.2, -0.15) is 0 Å². The number of anilines is 3. The standard InChI is InChI=1S/C18H22N2O3S/c1-3-4-12-24(22,23)20-17-10-8-16(9-11-17)19-18-7-5-6-15(13-18)14(2)21/h5-11,13,19-20H,3-4,12H2,1-2H3. The summed E-state index contributed by atoms with van der Waals surface area (Å²) < 4.78 is 26.3. The van der Waals surface area contributed by atoms with Crippen molar-refractivity contribution in [3.05, 3.63) is 54.1 Å². The Morgan fingerprint density at radius 1 is 1.00 bits per heavy atom. The molecule has 0 aliphatic rings. The van der Waals surface area contributed by atoms with Crippen LogP contribution in [0.3, 0.4) is 0 Å². The number of hydrogen-bond donors (Lipinski definition) is 2. The number of unbranched alkanes of at least 4 members (excludes halogenated alkanes) is 1. The van der Waals surface area contributed by atoms with Crippen LogP contribution in [0.1, 0.15) is 37.0 Å². The van der Waals surface area contributed by atoms with E-state index in [1.165, 1.54) is 6.92 Å². The van der Waals surface area contributed by atoms with E-state index in [2.05, 4.69) is 10.0 Å². The van der Waals surface area contributed by atoms with Crippen LogP contribution < -0.4 is 10.0 Å². The lowest BCUT2D eigenvalue weighted by atomic mass is 10.1.